The first kappa shape index (κ1) is 20.3. The van der Waals surface area contributed by atoms with E-state index in [1.54, 1.807) is 0 Å². The Labute approximate surface area is 172 Å². The summed E-state index contributed by atoms with van der Waals surface area (Å²) in [5.41, 5.74) is 2.70. The van der Waals surface area contributed by atoms with Crippen LogP contribution in [0.1, 0.15) is 51.5 Å². The fourth-order valence-corrected chi connectivity index (χ4v) is 6.41. The molecule has 3 rings (SSSR count). The van der Waals surface area contributed by atoms with Gasteiger partial charge in [-0.1, -0.05) is 78.9 Å². The number of allylic oxidation sites excluding steroid dienone is 1. The topological polar surface area (TPSA) is 29.5 Å². The molecular weight excluding hydrogens is 435 g/mol. The summed E-state index contributed by atoms with van der Waals surface area (Å²) in [6.45, 7) is 10.4. The summed E-state index contributed by atoms with van der Waals surface area (Å²) in [5, 5.41) is 11.0. The number of fused-ring (bicyclic) bond motifs is 1. The Balaban J connectivity index is 1.77. The molecule has 0 bridgehead atoms. The number of benzene rings is 1. The zero-order valence-electron chi connectivity index (χ0n) is 16.2. The smallest absolute Gasteiger partial charge is 0.0717 e. The van der Waals surface area contributed by atoms with Crippen LogP contribution in [0.25, 0.3) is 0 Å². The largest absolute Gasteiger partial charge is 0.392 e. The minimum Gasteiger partial charge on any atom is -0.392 e. The van der Waals surface area contributed by atoms with E-state index < -0.39 is 0 Å². The molecule has 2 saturated carbocycles. The molecule has 2 aliphatic rings. The summed E-state index contributed by atoms with van der Waals surface area (Å²) in [6.07, 6.45) is 5.15. The maximum atomic E-state index is 11.0. The van der Waals surface area contributed by atoms with Gasteiger partial charge in [-0.3, -0.25) is 0 Å². The predicted octanol–water partition coefficient (Wildman–Crippen LogP) is 5.78. The second-order valence-corrected chi connectivity index (χ2v) is 9.90. The second-order valence-electron chi connectivity index (χ2n) is 8.82. The van der Waals surface area contributed by atoms with Crippen LogP contribution in [-0.4, -0.2) is 22.2 Å². The summed E-state index contributed by atoms with van der Waals surface area (Å²) < 4.78 is 7.34. The molecule has 1 aromatic rings. The summed E-state index contributed by atoms with van der Waals surface area (Å²) in [7, 11) is 0. The molecule has 0 heterocycles. The van der Waals surface area contributed by atoms with Crippen LogP contribution < -0.4 is 0 Å². The quantitative estimate of drug-likeness (QED) is 0.326. The highest BCUT2D eigenvalue weighted by Crippen LogP contribution is 2.61. The van der Waals surface area contributed by atoms with Gasteiger partial charge < -0.3 is 9.84 Å². The van der Waals surface area contributed by atoms with E-state index in [9.17, 15) is 5.11 Å². The zero-order chi connectivity index (χ0) is 18.8. The normalized spacial score (nSPS) is 37.4. The van der Waals surface area contributed by atoms with Crippen LogP contribution in [0.2, 0.25) is 0 Å². The van der Waals surface area contributed by atoms with Gasteiger partial charge in [-0.2, -0.15) is 0 Å². The van der Waals surface area contributed by atoms with Crippen LogP contribution in [0, 0.1) is 22.7 Å². The summed E-state index contributed by atoms with van der Waals surface area (Å²) >= 11 is 2.50. The monoisotopic (exact) mass is 468 g/mol. The number of ether oxygens (including phenoxy) is 1. The van der Waals surface area contributed by atoms with Crippen molar-refractivity contribution in [3.8, 4) is 0 Å². The Hall–Kier alpha value is -0.390. The molecule has 0 unspecified atom stereocenters. The highest BCUT2D eigenvalue weighted by molar-refractivity contribution is 14.1. The first-order chi connectivity index (χ1) is 12.4. The van der Waals surface area contributed by atoms with Crippen molar-refractivity contribution in [2.45, 2.75) is 58.7 Å². The lowest BCUT2D eigenvalue weighted by Crippen LogP contribution is -2.57. The van der Waals surface area contributed by atoms with Gasteiger partial charge in [-0.05, 0) is 54.9 Å². The van der Waals surface area contributed by atoms with E-state index in [4.69, 9.17) is 4.74 Å². The number of halogens is 1. The summed E-state index contributed by atoms with van der Waals surface area (Å²) in [4.78, 5) is 0. The molecule has 144 valence electrons. The number of hydrogen-bond donors (Lipinski definition) is 1. The molecule has 2 fully saturated rings. The van der Waals surface area contributed by atoms with Gasteiger partial charge in [0.15, 0.2) is 0 Å². The van der Waals surface area contributed by atoms with Gasteiger partial charge in [0.2, 0.25) is 0 Å². The minimum absolute atomic E-state index is 0.175. The molecule has 0 saturated heterocycles. The Morgan fingerprint density at radius 2 is 1.96 bits per heavy atom. The van der Waals surface area contributed by atoms with E-state index in [0.29, 0.717) is 25.0 Å². The maximum absolute atomic E-state index is 11.0. The molecule has 2 nitrogen and oxygen atoms in total. The van der Waals surface area contributed by atoms with Crippen LogP contribution in [-0.2, 0) is 11.3 Å². The molecule has 2 aliphatic carbocycles. The lowest BCUT2D eigenvalue weighted by Gasteiger charge is -2.60. The first-order valence-corrected chi connectivity index (χ1v) is 11.5. The zero-order valence-corrected chi connectivity index (χ0v) is 18.4. The molecular formula is C23H33IO2. The number of aliphatic hydroxyl groups excluding tert-OH is 1. The van der Waals surface area contributed by atoms with Crippen molar-refractivity contribution in [3.63, 3.8) is 0 Å². The number of rotatable bonds is 6. The standard InChI is InChI=1S/C23H33IO2/c1-17-9-10-20-22(2,19(17)12-14-24)13-11-21(25)23(20,3)16-26-15-18-7-5-4-6-8-18/h4-8,19-21,25H,1,9-16H2,2-3H3/t19-,20+,21-,22+,23-/m0/s1. The Morgan fingerprint density at radius 3 is 2.65 bits per heavy atom. The van der Waals surface area contributed by atoms with Gasteiger partial charge in [0, 0.05) is 9.84 Å². The second kappa shape index (κ2) is 8.32. The Bertz CT molecular complexity index is 616. The third-order valence-corrected chi connectivity index (χ3v) is 7.90. The van der Waals surface area contributed by atoms with E-state index in [1.165, 1.54) is 22.0 Å². The number of aliphatic hydroxyl groups is 1. The van der Waals surface area contributed by atoms with Crippen LogP contribution >= 0.6 is 22.6 Å². The molecule has 0 amide bonds. The fraction of sp³-hybridized carbons (Fsp3) is 0.652. The van der Waals surface area contributed by atoms with Gasteiger partial charge in [-0.15, -0.1) is 0 Å². The Morgan fingerprint density at radius 1 is 1.23 bits per heavy atom. The van der Waals surface area contributed by atoms with E-state index >= 15 is 0 Å². The SMILES string of the molecule is C=C1CC[C@H]2[C@](C)(COCc3ccccc3)[C@@H](O)CC[C@]2(C)[C@H]1CCI. The van der Waals surface area contributed by atoms with Crippen molar-refractivity contribution in [1.29, 1.82) is 0 Å². The molecule has 1 aromatic carbocycles. The van der Waals surface area contributed by atoms with Crippen molar-refractivity contribution in [2.24, 2.45) is 22.7 Å². The van der Waals surface area contributed by atoms with Gasteiger partial charge in [0.1, 0.15) is 0 Å². The van der Waals surface area contributed by atoms with Gasteiger partial charge >= 0.3 is 0 Å². The van der Waals surface area contributed by atoms with Crippen LogP contribution in [0.15, 0.2) is 42.5 Å². The molecule has 26 heavy (non-hydrogen) atoms. The molecule has 0 spiro atoms. The van der Waals surface area contributed by atoms with E-state index in [0.717, 1.165) is 25.7 Å². The average Bonchev–Trinajstić information content (AvgIpc) is 2.63. The average molecular weight is 468 g/mol. The van der Waals surface area contributed by atoms with E-state index in [-0.39, 0.29) is 16.9 Å². The summed E-state index contributed by atoms with van der Waals surface area (Å²) in [5.74, 6) is 1.08. The van der Waals surface area contributed by atoms with Crippen molar-refractivity contribution < 1.29 is 9.84 Å². The third kappa shape index (κ3) is 3.77. The number of hydrogen-bond acceptors (Lipinski definition) is 2. The van der Waals surface area contributed by atoms with Gasteiger partial charge in [-0.25, -0.2) is 0 Å². The molecule has 0 aliphatic heterocycles. The highest BCUT2D eigenvalue weighted by Gasteiger charge is 2.57. The molecule has 5 atom stereocenters. The lowest BCUT2D eigenvalue weighted by molar-refractivity contribution is -0.163. The third-order valence-electron chi connectivity index (χ3n) is 7.28. The highest BCUT2D eigenvalue weighted by atomic mass is 127. The van der Waals surface area contributed by atoms with Crippen LogP contribution in [0.3, 0.4) is 0 Å². The fourth-order valence-electron chi connectivity index (χ4n) is 5.79. The lowest BCUT2D eigenvalue weighted by atomic mass is 9.46. The van der Waals surface area contributed by atoms with Crippen molar-refractivity contribution in [2.75, 3.05) is 11.0 Å². The minimum atomic E-state index is -0.275. The molecule has 1 N–H and O–H groups in total. The molecule has 3 heteroatoms. The van der Waals surface area contributed by atoms with Crippen molar-refractivity contribution in [3.05, 3.63) is 48.0 Å². The first-order valence-electron chi connectivity index (χ1n) is 9.95. The van der Waals surface area contributed by atoms with E-state index in [1.807, 2.05) is 18.2 Å². The van der Waals surface area contributed by atoms with Crippen molar-refractivity contribution in [1.82, 2.24) is 0 Å². The van der Waals surface area contributed by atoms with Crippen LogP contribution in [0.5, 0.6) is 0 Å². The van der Waals surface area contributed by atoms with Crippen molar-refractivity contribution >= 4 is 22.6 Å². The maximum Gasteiger partial charge on any atom is 0.0717 e. The van der Waals surface area contributed by atoms with Gasteiger partial charge in [0.25, 0.3) is 0 Å². The molecule has 0 aromatic heterocycles. The Kier molecular flexibility index (Phi) is 6.51. The van der Waals surface area contributed by atoms with E-state index in [2.05, 4.69) is 55.2 Å². The molecule has 0 radical (unpaired) electrons. The summed E-state index contributed by atoms with van der Waals surface area (Å²) in [6, 6.07) is 10.3. The predicted molar refractivity (Wildman–Crippen MR) is 116 cm³/mol. The van der Waals surface area contributed by atoms with Gasteiger partial charge in [0.05, 0.1) is 19.3 Å². The number of alkyl halides is 1. The van der Waals surface area contributed by atoms with Crippen LogP contribution in [0.4, 0.5) is 0 Å².